The van der Waals surface area contributed by atoms with E-state index in [1.165, 1.54) is 0 Å². The first kappa shape index (κ1) is 18.9. The van der Waals surface area contributed by atoms with Gasteiger partial charge < -0.3 is 19.7 Å². The molecule has 0 saturated carbocycles. The molecule has 0 radical (unpaired) electrons. The van der Waals surface area contributed by atoms with Gasteiger partial charge in [0.2, 0.25) is 0 Å². The van der Waals surface area contributed by atoms with Crippen LogP contribution in [0.25, 0.3) is 0 Å². The van der Waals surface area contributed by atoms with E-state index in [0.717, 1.165) is 38.0 Å². The van der Waals surface area contributed by atoms with Crippen LogP contribution in [0, 0.1) is 0 Å². The highest BCUT2D eigenvalue weighted by atomic mass is 16.5. The van der Waals surface area contributed by atoms with Crippen LogP contribution in [0.3, 0.4) is 0 Å². The van der Waals surface area contributed by atoms with Gasteiger partial charge in [0, 0.05) is 32.1 Å². The molecule has 0 aromatic carbocycles. The predicted molar refractivity (Wildman–Crippen MR) is 104 cm³/mol. The van der Waals surface area contributed by atoms with E-state index in [-0.39, 0.29) is 18.2 Å². The molecule has 8 heteroatoms. The second-order valence-corrected chi connectivity index (χ2v) is 7.33. The summed E-state index contributed by atoms with van der Waals surface area (Å²) in [5.74, 6) is 0. The largest absolute Gasteiger partial charge is 0.376 e. The number of nitrogens with zero attached hydrogens (tertiary/aromatic N) is 4. The van der Waals surface area contributed by atoms with Gasteiger partial charge in [0.1, 0.15) is 0 Å². The van der Waals surface area contributed by atoms with Crippen molar-refractivity contribution in [2.45, 2.75) is 44.4 Å². The Balaban J connectivity index is 1.20. The molecule has 4 heterocycles. The molecule has 0 spiro atoms. The van der Waals surface area contributed by atoms with Crippen molar-refractivity contribution in [1.29, 1.82) is 0 Å². The third-order valence-corrected chi connectivity index (χ3v) is 5.21. The van der Waals surface area contributed by atoms with Gasteiger partial charge in [-0.3, -0.25) is 9.67 Å². The second-order valence-electron chi connectivity index (χ2n) is 7.33. The SMILES string of the molecule is O=C(Nc1cnn(Cc2ccccn2)c1)N1CCC(OC[C@@H]2CCCO2)CC1. The Kier molecular flexibility index (Phi) is 6.18. The van der Waals surface area contributed by atoms with Crippen molar-refractivity contribution >= 4 is 11.7 Å². The number of pyridine rings is 1. The van der Waals surface area contributed by atoms with Gasteiger partial charge in [0.15, 0.2) is 0 Å². The summed E-state index contributed by atoms with van der Waals surface area (Å²) in [6, 6.07) is 5.69. The molecule has 2 aliphatic rings. The van der Waals surface area contributed by atoms with Crippen molar-refractivity contribution in [2.75, 3.05) is 31.6 Å². The Bertz CT molecular complexity index is 752. The van der Waals surface area contributed by atoms with E-state index in [1.807, 2.05) is 29.3 Å². The molecule has 2 fully saturated rings. The van der Waals surface area contributed by atoms with Gasteiger partial charge in [0.25, 0.3) is 0 Å². The van der Waals surface area contributed by atoms with Crippen LogP contribution < -0.4 is 5.32 Å². The number of hydrogen-bond donors (Lipinski definition) is 1. The van der Waals surface area contributed by atoms with Crippen LogP contribution >= 0.6 is 0 Å². The first-order chi connectivity index (χ1) is 13.8. The smallest absolute Gasteiger partial charge is 0.321 e. The lowest BCUT2D eigenvalue weighted by atomic mass is 10.1. The molecule has 0 bridgehead atoms. The lowest BCUT2D eigenvalue weighted by Crippen LogP contribution is -2.43. The van der Waals surface area contributed by atoms with Crippen molar-refractivity contribution < 1.29 is 14.3 Å². The van der Waals surface area contributed by atoms with Gasteiger partial charge in [-0.2, -0.15) is 5.10 Å². The Morgan fingerprint density at radius 2 is 2.18 bits per heavy atom. The monoisotopic (exact) mass is 385 g/mol. The van der Waals surface area contributed by atoms with Crippen molar-refractivity contribution in [2.24, 2.45) is 0 Å². The quantitative estimate of drug-likeness (QED) is 0.826. The van der Waals surface area contributed by atoms with Gasteiger partial charge in [-0.1, -0.05) is 6.07 Å². The molecule has 2 aromatic heterocycles. The number of carbonyl (C=O) groups is 1. The fourth-order valence-electron chi connectivity index (χ4n) is 3.62. The highest BCUT2D eigenvalue weighted by molar-refractivity contribution is 5.89. The molecule has 2 saturated heterocycles. The minimum absolute atomic E-state index is 0.0880. The van der Waals surface area contributed by atoms with Crippen LogP contribution in [0.2, 0.25) is 0 Å². The Hall–Kier alpha value is -2.45. The Labute approximate surface area is 164 Å². The minimum Gasteiger partial charge on any atom is -0.376 e. The summed E-state index contributed by atoms with van der Waals surface area (Å²) in [6.07, 6.45) is 9.66. The third kappa shape index (κ3) is 5.08. The van der Waals surface area contributed by atoms with E-state index in [9.17, 15) is 4.79 Å². The summed E-state index contributed by atoms with van der Waals surface area (Å²) in [7, 11) is 0. The number of urea groups is 1. The normalized spacial score (nSPS) is 20.4. The van der Waals surface area contributed by atoms with Crippen LogP contribution in [-0.4, -0.2) is 64.2 Å². The number of ether oxygens (including phenoxy) is 2. The number of anilines is 1. The van der Waals surface area contributed by atoms with Gasteiger partial charge in [-0.15, -0.1) is 0 Å². The fraction of sp³-hybridized carbons (Fsp3) is 0.550. The average molecular weight is 385 g/mol. The maximum atomic E-state index is 12.5. The van der Waals surface area contributed by atoms with E-state index >= 15 is 0 Å². The summed E-state index contributed by atoms with van der Waals surface area (Å²) in [5.41, 5.74) is 1.62. The van der Waals surface area contributed by atoms with E-state index in [0.29, 0.717) is 31.9 Å². The van der Waals surface area contributed by atoms with Crippen LogP contribution in [0.1, 0.15) is 31.4 Å². The zero-order valence-electron chi connectivity index (χ0n) is 16.0. The molecule has 1 atom stereocenters. The first-order valence-electron chi connectivity index (χ1n) is 9.98. The second kappa shape index (κ2) is 9.16. The summed E-state index contributed by atoms with van der Waals surface area (Å²) in [6.45, 7) is 3.50. The van der Waals surface area contributed by atoms with Gasteiger partial charge >= 0.3 is 6.03 Å². The predicted octanol–water partition coefficient (Wildman–Crippen LogP) is 2.52. The number of likely N-dealkylation sites (tertiary alicyclic amines) is 1. The number of hydrogen-bond acceptors (Lipinski definition) is 5. The number of nitrogens with one attached hydrogen (secondary N) is 1. The summed E-state index contributed by atoms with van der Waals surface area (Å²) in [5, 5.41) is 7.23. The topological polar surface area (TPSA) is 81.5 Å². The number of aromatic nitrogens is 3. The van der Waals surface area contributed by atoms with Crippen molar-refractivity contribution in [3.63, 3.8) is 0 Å². The Morgan fingerprint density at radius 1 is 1.29 bits per heavy atom. The van der Waals surface area contributed by atoms with Crippen LogP contribution in [-0.2, 0) is 16.0 Å². The van der Waals surface area contributed by atoms with Crippen molar-refractivity contribution in [3.8, 4) is 0 Å². The van der Waals surface area contributed by atoms with Crippen LogP contribution in [0.4, 0.5) is 10.5 Å². The molecule has 1 N–H and O–H groups in total. The van der Waals surface area contributed by atoms with Gasteiger partial charge in [-0.05, 0) is 37.8 Å². The Morgan fingerprint density at radius 3 is 2.93 bits per heavy atom. The maximum Gasteiger partial charge on any atom is 0.321 e. The molecular weight excluding hydrogens is 358 g/mol. The first-order valence-corrected chi connectivity index (χ1v) is 9.98. The van der Waals surface area contributed by atoms with Crippen LogP contribution in [0.5, 0.6) is 0 Å². The number of carbonyl (C=O) groups excluding carboxylic acids is 1. The molecule has 2 aliphatic heterocycles. The molecule has 2 aromatic rings. The van der Waals surface area contributed by atoms with Crippen molar-refractivity contribution in [3.05, 3.63) is 42.5 Å². The number of amides is 2. The molecule has 2 amide bonds. The van der Waals surface area contributed by atoms with Crippen LogP contribution in [0.15, 0.2) is 36.8 Å². The lowest BCUT2D eigenvalue weighted by molar-refractivity contribution is -0.0377. The molecule has 0 aliphatic carbocycles. The lowest BCUT2D eigenvalue weighted by Gasteiger charge is -2.32. The van der Waals surface area contributed by atoms with E-state index in [4.69, 9.17) is 9.47 Å². The third-order valence-electron chi connectivity index (χ3n) is 5.21. The standard InChI is InChI=1S/C20H27N5O3/c26-20(23-17-12-22-25(14-17)13-16-4-1-2-8-21-16)24-9-6-18(7-10-24)28-15-19-5-3-11-27-19/h1-2,4,8,12,14,18-19H,3,5-7,9-11,13,15H2,(H,23,26)/t19-/m0/s1. The zero-order chi connectivity index (χ0) is 19.2. The van der Waals surface area contributed by atoms with Gasteiger partial charge in [0.05, 0.1) is 42.9 Å². The fourth-order valence-corrected chi connectivity index (χ4v) is 3.62. The molecule has 28 heavy (non-hydrogen) atoms. The van der Waals surface area contributed by atoms with Gasteiger partial charge in [-0.25, -0.2) is 4.79 Å². The van der Waals surface area contributed by atoms with Crippen molar-refractivity contribution in [1.82, 2.24) is 19.7 Å². The molecule has 0 unspecified atom stereocenters. The molecule has 150 valence electrons. The zero-order valence-corrected chi connectivity index (χ0v) is 16.0. The summed E-state index contributed by atoms with van der Waals surface area (Å²) < 4.78 is 13.3. The molecule has 8 nitrogen and oxygen atoms in total. The van der Waals surface area contributed by atoms with E-state index in [2.05, 4.69) is 15.4 Å². The number of rotatable bonds is 6. The molecule has 4 rings (SSSR count). The average Bonchev–Trinajstić information content (AvgIpc) is 3.40. The minimum atomic E-state index is -0.0880. The van der Waals surface area contributed by atoms with E-state index < -0.39 is 0 Å². The highest BCUT2D eigenvalue weighted by Gasteiger charge is 2.25. The summed E-state index contributed by atoms with van der Waals surface area (Å²) in [4.78, 5) is 18.6. The highest BCUT2D eigenvalue weighted by Crippen LogP contribution is 2.18. The summed E-state index contributed by atoms with van der Waals surface area (Å²) >= 11 is 0. The molecular formula is C20H27N5O3. The number of piperidine rings is 1. The maximum absolute atomic E-state index is 12.5. The van der Waals surface area contributed by atoms with E-state index in [1.54, 1.807) is 17.1 Å².